The topological polar surface area (TPSA) is 79.7 Å². The lowest BCUT2D eigenvalue weighted by Gasteiger charge is -2.47. The van der Waals surface area contributed by atoms with Crippen molar-refractivity contribution in [2.45, 2.75) is 50.3 Å². The molecule has 1 aliphatic heterocycles. The minimum Gasteiger partial charge on any atom is -0.396 e. The van der Waals surface area contributed by atoms with Crippen molar-refractivity contribution < 1.29 is 13.6 Å². The zero-order chi connectivity index (χ0) is 14.8. The highest BCUT2D eigenvalue weighted by molar-refractivity contribution is 6.70. The molecule has 0 aromatic heterocycles. The van der Waals surface area contributed by atoms with Crippen LogP contribution in [-0.2, 0) is 13.6 Å². The van der Waals surface area contributed by atoms with Crippen molar-refractivity contribution in [1.29, 1.82) is 0 Å². The maximum absolute atomic E-state index is 5.83. The molecule has 1 unspecified atom stereocenters. The van der Waals surface area contributed by atoms with Crippen molar-refractivity contribution in [2.24, 2.45) is 11.5 Å². The summed E-state index contributed by atoms with van der Waals surface area (Å²) in [6, 6.07) is 1.06. The quantitative estimate of drug-likeness (QED) is 0.726. The Kier molecular flexibility index (Phi) is 9.86. The molecule has 0 aliphatic carbocycles. The van der Waals surface area contributed by atoms with E-state index < -0.39 is 8.56 Å². The van der Waals surface area contributed by atoms with Crippen LogP contribution in [0.25, 0.3) is 0 Å². The van der Waals surface area contributed by atoms with E-state index >= 15 is 0 Å². The van der Waals surface area contributed by atoms with Gasteiger partial charge in [0.2, 0.25) is 0 Å². The highest BCUT2D eigenvalue weighted by atomic mass is 28.4. The van der Waals surface area contributed by atoms with Crippen LogP contribution in [0, 0.1) is 0 Å². The lowest BCUT2D eigenvalue weighted by atomic mass is 10.1. The molecule has 1 fully saturated rings. The fourth-order valence-electron chi connectivity index (χ4n) is 2.92. The van der Waals surface area contributed by atoms with Gasteiger partial charge in [0, 0.05) is 34.4 Å². The number of nitrogens with two attached hydrogens (primary N) is 2. The molecule has 1 rings (SSSR count). The standard InChI is InChI=1S/C11H24O3Si.C2H8N2/c1-5-8-11(12-2)9-6-7-10-15(11,13-3)14-4;3-1-2-4/h5-10H2,1-4H3;1-4H2. The molecular weight excluding hydrogens is 260 g/mol. The van der Waals surface area contributed by atoms with Gasteiger partial charge in [-0.05, 0) is 18.9 Å². The van der Waals surface area contributed by atoms with Gasteiger partial charge in [-0.1, -0.05) is 26.2 Å². The Bertz CT molecular complexity index is 222. The van der Waals surface area contributed by atoms with E-state index in [0.717, 1.165) is 25.3 Å². The van der Waals surface area contributed by atoms with Crippen LogP contribution >= 0.6 is 0 Å². The van der Waals surface area contributed by atoms with E-state index in [2.05, 4.69) is 6.92 Å². The predicted molar refractivity (Wildman–Crippen MR) is 81.2 cm³/mol. The summed E-state index contributed by atoms with van der Waals surface area (Å²) in [6.07, 6.45) is 5.70. The molecular formula is C13H32N2O3Si. The highest BCUT2D eigenvalue weighted by Crippen LogP contribution is 2.42. The Labute approximate surface area is 119 Å². The summed E-state index contributed by atoms with van der Waals surface area (Å²) >= 11 is 0. The van der Waals surface area contributed by atoms with Crippen LogP contribution in [0.2, 0.25) is 6.04 Å². The molecule has 0 spiro atoms. The van der Waals surface area contributed by atoms with Crippen molar-refractivity contribution >= 4 is 8.56 Å². The van der Waals surface area contributed by atoms with E-state index in [0.29, 0.717) is 13.1 Å². The van der Waals surface area contributed by atoms with Crippen LogP contribution in [0.4, 0.5) is 0 Å². The first-order chi connectivity index (χ1) is 9.11. The molecule has 116 valence electrons. The maximum atomic E-state index is 5.83. The molecule has 0 radical (unpaired) electrons. The third kappa shape index (κ3) is 4.51. The molecule has 0 amide bonds. The fraction of sp³-hybridized carbons (Fsp3) is 1.00. The smallest absolute Gasteiger partial charge is 0.370 e. The number of hydrogen-bond acceptors (Lipinski definition) is 5. The zero-order valence-electron chi connectivity index (χ0n) is 13.0. The summed E-state index contributed by atoms with van der Waals surface area (Å²) in [5.74, 6) is 0. The Morgan fingerprint density at radius 1 is 1.05 bits per heavy atom. The van der Waals surface area contributed by atoms with E-state index in [-0.39, 0.29) is 5.22 Å². The van der Waals surface area contributed by atoms with E-state index in [1.807, 2.05) is 0 Å². The summed E-state index contributed by atoms with van der Waals surface area (Å²) < 4.78 is 17.4. The predicted octanol–water partition coefficient (Wildman–Crippen LogP) is 1.53. The number of rotatable bonds is 6. The summed E-state index contributed by atoms with van der Waals surface area (Å²) in [5, 5.41) is -0.122. The van der Waals surface area contributed by atoms with Gasteiger partial charge in [-0.3, -0.25) is 0 Å². The van der Waals surface area contributed by atoms with E-state index in [1.165, 1.54) is 12.8 Å². The second kappa shape index (κ2) is 9.85. The fourth-order valence-corrected chi connectivity index (χ4v) is 6.91. The molecule has 1 aliphatic rings. The van der Waals surface area contributed by atoms with Crippen molar-refractivity contribution in [3.8, 4) is 0 Å². The molecule has 0 saturated carbocycles. The van der Waals surface area contributed by atoms with Gasteiger partial charge in [0.25, 0.3) is 0 Å². The second-order valence-corrected chi connectivity index (χ2v) is 8.63. The normalized spacial score (nSPS) is 25.6. The first-order valence-electron chi connectivity index (χ1n) is 7.17. The minimum atomic E-state index is -2.15. The second-order valence-electron chi connectivity index (χ2n) is 4.89. The first kappa shape index (κ1) is 19.0. The molecule has 1 saturated heterocycles. The van der Waals surface area contributed by atoms with Crippen molar-refractivity contribution in [3.63, 3.8) is 0 Å². The van der Waals surface area contributed by atoms with Crippen LogP contribution in [0.5, 0.6) is 0 Å². The van der Waals surface area contributed by atoms with Crippen LogP contribution in [0.1, 0.15) is 39.0 Å². The Morgan fingerprint density at radius 3 is 2.00 bits per heavy atom. The Hall–Kier alpha value is 0.0169. The zero-order valence-corrected chi connectivity index (χ0v) is 14.0. The van der Waals surface area contributed by atoms with E-state index in [4.69, 9.17) is 25.1 Å². The van der Waals surface area contributed by atoms with Crippen LogP contribution < -0.4 is 11.5 Å². The van der Waals surface area contributed by atoms with Gasteiger partial charge in [-0.2, -0.15) is 0 Å². The molecule has 0 aromatic rings. The minimum absolute atomic E-state index is 0.122. The van der Waals surface area contributed by atoms with Gasteiger partial charge in [0.1, 0.15) is 5.22 Å². The third-order valence-corrected chi connectivity index (χ3v) is 8.32. The van der Waals surface area contributed by atoms with Gasteiger partial charge >= 0.3 is 8.56 Å². The molecule has 4 N–H and O–H groups in total. The molecule has 0 bridgehead atoms. The van der Waals surface area contributed by atoms with Gasteiger partial charge < -0.3 is 25.1 Å². The Balaban J connectivity index is 0.000000711. The van der Waals surface area contributed by atoms with Crippen molar-refractivity contribution in [3.05, 3.63) is 0 Å². The molecule has 1 atom stereocenters. The number of ether oxygens (including phenoxy) is 1. The highest BCUT2D eigenvalue weighted by Gasteiger charge is 2.58. The summed E-state index contributed by atoms with van der Waals surface area (Å²) in [4.78, 5) is 0. The third-order valence-electron chi connectivity index (χ3n) is 3.90. The van der Waals surface area contributed by atoms with Crippen molar-refractivity contribution in [2.75, 3.05) is 34.4 Å². The van der Waals surface area contributed by atoms with Gasteiger partial charge in [-0.15, -0.1) is 0 Å². The van der Waals surface area contributed by atoms with Crippen LogP contribution in [-0.4, -0.2) is 48.2 Å². The van der Waals surface area contributed by atoms with Gasteiger partial charge in [-0.25, -0.2) is 0 Å². The van der Waals surface area contributed by atoms with E-state index in [1.54, 1.807) is 21.3 Å². The van der Waals surface area contributed by atoms with E-state index in [9.17, 15) is 0 Å². The number of methoxy groups -OCH3 is 1. The summed E-state index contributed by atoms with van der Waals surface area (Å²) in [7, 11) is 3.22. The van der Waals surface area contributed by atoms with Gasteiger partial charge in [0.15, 0.2) is 0 Å². The lowest BCUT2D eigenvalue weighted by Crippen LogP contribution is -2.64. The molecule has 1 heterocycles. The first-order valence-corrected chi connectivity index (χ1v) is 9.19. The van der Waals surface area contributed by atoms with Gasteiger partial charge in [0.05, 0.1) is 0 Å². The molecule has 5 nitrogen and oxygen atoms in total. The lowest BCUT2D eigenvalue weighted by molar-refractivity contribution is -0.0149. The average molecular weight is 292 g/mol. The summed E-state index contributed by atoms with van der Waals surface area (Å²) in [6.45, 7) is 3.39. The SMILES string of the molecule is CCCC1(OC)CCCC[Si]1(OC)OC.NCCN. The summed E-state index contributed by atoms with van der Waals surface area (Å²) in [5.41, 5.74) is 9.81. The van der Waals surface area contributed by atoms with Crippen LogP contribution in [0.3, 0.4) is 0 Å². The molecule has 6 heteroatoms. The maximum Gasteiger partial charge on any atom is 0.370 e. The Morgan fingerprint density at radius 2 is 1.63 bits per heavy atom. The van der Waals surface area contributed by atoms with Crippen molar-refractivity contribution in [1.82, 2.24) is 0 Å². The monoisotopic (exact) mass is 292 g/mol. The molecule has 19 heavy (non-hydrogen) atoms. The average Bonchev–Trinajstić information content (AvgIpc) is 2.48. The molecule has 0 aromatic carbocycles. The number of hydrogen-bond donors (Lipinski definition) is 2. The largest absolute Gasteiger partial charge is 0.396 e. The van der Waals surface area contributed by atoms with Crippen LogP contribution in [0.15, 0.2) is 0 Å².